The van der Waals surface area contributed by atoms with Gasteiger partial charge in [0.1, 0.15) is 5.82 Å². The molecule has 0 saturated heterocycles. The fraction of sp³-hybridized carbons (Fsp3) is 0.353. The van der Waals surface area contributed by atoms with Gasteiger partial charge in [-0.2, -0.15) is 0 Å². The molecular weight excluding hydrogens is 296 g/mol. The van der Waals surface area contributed by atoms with E-state index in [9.17, 15) is 0 Å². The number of fused-ring (bicyclic) bond motifs is 1. The third-order valence-electron chi connectivity index (χ3n) is 4.48. The molecule has 1 aliphatic carbocycles. The van der Waals surface area contributed by atoms with Crippen LogP contribution >= 0.6 is 11.6 Å². The molecule has 0 spiro atoms. The summed E-state index contributed by atoms with van der Waals surface area (Å²) in [5, 5.41) is 9.69. The molecule has 1 saturated carbocycles. The largest absolute Gasteiger partial charge is 0.283 e. The van der Waals surface area contributed by atoms with E-state index in [1.54, 1.807) is 0 Å². The van der Waals surface area contributed by atoms with Gasteiger partial charge in [-0.1, -0.05) is 37.6 Å². The maximum atomic E-state index is 6.02. The van der Waals surface area contributed by atoms with E-state index in [0.29, 0.717) is 5.92 Å². The smallest absolute Gasteiger partial charge is 0.182 e. The predicted molar refractivity (Wildman–Crippen MR) is 86.3 cm³/mol. The van der Waals surface area contributed by atoms with E-state index < -0.39 is 0 Å². The van der Waals surface area contributed by atoms with Gasteiger partial charge >= 0.3 is 0 Å². The van der Waals surface area contributed by atoms with Crippen molar-refractivity contribution in [1.82, 2.24) is 19.6 Å². The van der Waals surface area contributed by atoms with Crippen LogP contribution < -0.4 is 0 Å². The van der Waals surface area contributed by atoms with E-state index in [-0.39, 0.29) is 5.41 Å². The maximum Gasteiger partial charge on any atom is 0.182 e. The first kappa shape index (κ1) is 13.7. The second kappa shape index (κ2) is 4.78. The summed E-state index contributed by atoms with van der Waals surface area (Å²) in [5.41, 5.74) is 3.09. The molecule has 1 aromatic carbocycles. The van der Waals surface area contributed by atoms with Gasteiger partial charge in [0.15, 0.2) is 5.65 Å². The molecule has 0 unspecified atom stereocenters. The van der Waals surface area contributed by atoms with Crippen LogP contribution in [0.1, 0.15) is 49.7 Å². The lowest BCUT2D eigenvalue weighted by Crippen LogP contribution is -2.13. The quantitative estimate of drug-likeness (QED) is 0.734. The van der Waals surface area contributed by atoms with E-state index in [1.165, 1.54) is 5.56 Å². The van der Waals surface area contributed by atoms with Crippen LogP contribution in [0.3, 0.4) is 0 Å². The van der Waals surface area contributed by atoms with Gasteiger partial charge in [0.2, 0.25) is 0 Å². The second-order valence-corrected chi connectivity index (χ2v) is 6.71. The maximum absolute atomic E-state index is 6.02. The van der Waals surface area contributed by atoms with Crippen molar-refractivity contribution in [3.8, 4) is 0 Å². The zero-order chi connectivity index (χ0) is 15.3. The number of halogens is 1. The summed E-state index contributed by atoms with van der Waals surface area (Å²) in [7, 11) is 0. The van der Waals surface area contributed by atoms with Gasteiger partial charge in [-0.25, -0.2) is 0 Å². The lowest BCUT2D eigenvalue weighted by atomic mass is 9.95. The van der Waals surface area contributed by atoms with Crippen LogP contribution in [0.2, 0.25) is 5.02 Å². The zero-order valence-corrected chi connectivity index (χ0v) is 13.4. The highest BCUT2D eigenvalue weighted by Gasteiger charge is 2.49. The average Bonchev–Trinajstić information content (AvgIpc) is 3.20. The summed E-state index contributed by atoms with van der Waals surface area (Å²) in [4.78, 5) is 4.47. The molecule has 1 fully saturated rings. The Balaban J connectivity index is 1.88. The van der Waals surface area contributed by atoms with Crippen molar-refractivity contribution in [3.05, 3.63) is 58.8 Å². The first-order chi connectivity index (χ1) is 10.6. The van der Waals surface area contributed by atoms with Crippen molar-refractivity contribution < 1.29 is 0 Å². The molecule has 0 radical (unpaired) electrons. The van der Waals surface area contributed by atoms with Crippen molar-refractivity contribution in [2.24, 2.45) is 0 Å². The monoisotopic (exact) mass is 312 g/mol. The number of aromatic nitrogens is 4. The minimum atomic E-state index is -0.0282. The normalized spacial score (nSPS) is 16.4. The number of nitrogens with zero attached hydrogens (tertiary/aromatic N) is 4. The Morgan fingerprint density at radius 2 is 1.86 bits per heavy atom. The van der Waals surface area contributed by atoms with Crippen LogP contribution in [-0.4, -0.2) is 19.6 Å². The molecule has 2 aromatic heterocycles. The van der Waals surface area contributed by atoms with Crippen molar-refractivity contribution in [1.29, 1.82) is 0 Å². The predicted octanol–water partition coefficient (Wildman–Crippen LogP) is 3.98. The Bertz CT molecular complexity index is 831. The third-order valence-corrected chi connectivity index (χ3v) is 4.73. The summed E-state index contributed by atoms with van der Waals surface area (Å²) < 4.78 is 2.10. The molecule has 0 amide bonds. The highest BCUT2D eigenvalue weighted by molar-refractivity contribution is 6.30. The first-order valence-corrected chi connectivity index (χ1v) is 7.96. The minimum absolute atomic E-state index is 0.0282. The first-order valence-electron chi connectivity index (χ1n) is 7.58. The summed E-state index contributed by atoms with van der Waals surface area (Å²) in [6.07, 6.45) is 5.99. The van der Waals surface area contributed by atoms with Crippen LogP contribution in [0, 0.1) is 0 Å². The van der Waals surface area contributed by atoms with E-state index in [1.807, 2.05) is 24.5 Å². The van der Waals surface area contributed by atoms with Crippen molar-refractivity contribution in [2.45, 2.75) is 38.0 Å². The molecule has 22 heavy (non-hydrogen) atoms. The van der Waals surface area contributed by atoms with Gasteiger partial charge < -0.3 is 0 Å². The Hall–Kier alpha value is -1.94. The summed E-state index contributed by atoms with van der Waals surface area (Å²) in [6, 6.07) is 8.09. The highest BCUT2D eigenvalue weighted by Crippen LogP contribution is 2.52. The van der Waals surface area contributed by atoms with Gasteiger partial charge in [0.25, 0.3) is 0 Å². The molecule has 4 nitrogen and oxygen atoms in total. The zero-order valence-electron chi connectivity index (χ0n) is 12.6. The van der Waals surface area contributed by atoms with Crippen LogP contribution in [-0.2, 0) is 5.41 Å². The van der Waals surface area contributed by atoms with E-state index >= 15 is 0 Å². The second-order valence-electron chi connectivity index (χ2n) is 6.27. The van der Waals surface area contributed by atoms with Crippen molar-refractivity contribution in [2.75, 3.05) is 0 Å². The Labute approximate surface area is 134 Å². The number of benzene rings is 1. The van der Waals surface area contributed by atoms with E-state index in [0.717, 1.165) is 35.0 Å². The van der Waals surface area contributed by atoms with Crippen molar-refractivity contribution in [3.63, 3.8) is 0 Å². The molecule has 0 N–H and O–H groups in total. The van der Waals surface area contributed by atoms with E-state index in [4.69, 9.17) is 11.6 Å². The molecule has 1 aliphatic rings. The number of hydrogen-bond donors (Lipinski definition) is 0. The average molecular weight is 313 g/mol. The number of hydrogen-bond acceptors (Lipinski definition) is 3. The van der Waals surface area contributed by atoms with Crippen LogP contribution in [0.25, 0.3) is 5.65 Å². The molecule has 3 aromatic rings. The van der Waals surface area contributed by atoms with Crippen LogP contribution in [0.15, 0.2) is 36.7 Å². The van der Waals surface area contributed by atoms with Crippen LogP contribution in [0.4, 0.5) is 0 Å². The van der Waals surface area contributed by atoms with Gasteiger partial charge in [0, 0.05) is 17.4 Å². The van der Waals surface area contributed by atoms with Crippen LogP contribution in [0.5, 0.6) is 0 Å². The molecule has 0 atom stereocenters. The summed E-state index contributed by atoms with van der Waals surface area (Å²) in [6.45, 7) is 4.26. The molecule has 4 rings (SSSR count). The molecule has 112 valence electrons. The Kier molecular flexibility index (Phi) is 2.98. The van der Waals surface area contributed by atoms with Gasteiger partial charge in [-0.05, 0) is 36.5 Å². The lowest BCUT2D eigenvalue weighted by Gasteiger charge is -2.14. The molecule has 0 aliphatic heterocycles. The minimum Gasteiger partial charge on any atom is -0.283 e. The standard InChI is InChI=1S/C17H17ClN4/c1-11(2)14-15-20-21-16(22(15)10-9-19-14)17(7-8-17)12-3-5-13(18)6-4-12/h3-6,9-11H,7-8H2,1-2H3. The lowest BCUT2D eigenvalue weighted by molar-refractivity contribution is 0.736. The fourth-order valence-corrected chi connectivity index (χ4v) is 3.24. The molecular formula is C17H17ClN4. The molecule has 0 bridgehead atoms. The highest BCUT2D eigenvalue weighted by atomic mass is 35.5. The Morgan fingerprint density at radius 1 is 1.14 bits per heavy atom. The topological polar surface area (TPSA) is 43.1 Å². The summed E-state index contributed by atoms with van der Waals surface area (Å²) in [5.74, 6) is 1.33. The fourth-order valence-electron chi connectivity index (χ4n) is 3.11. The van der Waals surface area contributed by atoms with Crippen molar-refractivity contribution >= 4 is 17.2 Å². The molecule has 2 heterocycles. The SMILES string of the molecule is CC(C)c1nccn2c(C3(c4ccc(Cl)cc4)CC3)nnc12. The van der Waals surface area contributed by atoms with E-state index in [2.05, 4.69) is 45.6 Å². The Morgan fingerprint density at radius 3 is 2.50 bits per heavy atom. The summed E-state index contributed by atoms with van der Waals surface area (Å²) >= 11 is 6.02. The van der Waals surface area contributed by atoms with Gasteiger partial charge in [-0.3, -0.25) is 9.38 Å². The van der Waals surface area contributed by atoms with Gasteiger partial charge in [0.05, 0.1) is 11.1 Å². The number of rotatable bonds is 3. The molecule has 5 heteroatoms. The van der Waals surface area contributed by atoms with Gasteiger partial charge in [-0.15, -0.1) is 10.2 Å². The third kappa shape index (κ3) is 1.94.